The van der Waals surface area contributed by atoms with Gasteiger partial charge in [0.05, 0.1) is 11.4 Å². The quantitative estimate of drug-likeness (QED) is 0.594. The average molecular weight is 418 g/mol. The molecule has 2 N–H and O–H groups in total. The average Bonchev–Trinajstić information content (AvgIpc) is 2.69. The molecule has 3 rings (SSSR count). The topological polar surface area (TPSA) is 84.0 Å². The largest absolute Gasteiger partial charge is 0.323 e. The van der Waals surface area contributed by atoms with E-state index >= 15 is 0 Å². The Kier molecular flexibility index (Phi) is 6.45. The minimum Gasteiger partial charge on any atom is -0.323 e. The normalized spacial score (nSPS) is 10.4. The summed E-state index contributed by atoms with van der Waals surface area (Å²) in [5, 5.41) is 12.9. The molecule has 0 atom stereocenters. The van der Waals surface area contributed by atoms with Crippen LogP contribution in [0.25, 0.3) is 0 Å². The Bertz CT molecular complexity index is 1050. The van der Waals surface area contributed by atoms with Gasteiger partial charge in [0.25, 0.3) is 5.91 Å². The number of carbonyl (C=O) groups is 2. The fourth-order valence-electron chi connectivity index (χ4n) is 2.20. The molecular weight excluding hydrogens is 405 g/mol. The number of halogens is 3. The van der Waals surface area contributed by atoms with Crippen molar-refractivity contribution in [2.24, 2.45) is 0 Å². The molecule has 1 aromatic heterocycles. The minimum absolute atomic E-state index is 0.0828. The Labute approximate surface area is 167 Å². The predicted molar refractivity (Wildman–Crippen MR) is 102 cm³/mol. The molecule has 0 unspecified atom stereocenters. The maximum atomic E-state index is 13.5. The first-order valence-corrected chi connectivity index (χ1v) is 9.17. The maximum Gasteiger partial charge on any atom is 0.256 e. The number of carbonyl (C=O) groups excluding carboxylic acids is 2. The van der Waals surface area contributed by atoms with Crippen molar-refractivity contribution in [3.05, 3.63) is 77.6 Å². The van der Waals surface area contributed by atoms with Crippen LogP contribution in [0.4, 0.5) is 24.7 Å². The summed E-state index contributed by atoms with van der Waals surface area (Å²) in [4.78, 5) is 23.9. The minimum atomic E-state index is -0.874. The summed E-state index contributed by atoms with van der Waals surface area (Å²) in [7, 11) is 0. The van der Waals surface area contributed by atoms with Crippen molar-refractivity contribution in [2.45, 2.75) is 5.03 Å². The molecule has 0 saturated heterocycles. The lowest BCUT2D eigenvalue weighted by atomic mass is 10.2. The molecule has 0 saturated carbocycles. The van der Waals surface area contributed by atoms with Crippen molar-refractivity contribution in [3.63, 3.8) is 0 Å². The third kappa shape index (κ3) is 5.79. The molecule has 2 amide bonds. The Hall–Kier alpha value is -3.40. The summed E-state index contributed by atoms with van der Waals surface area (Å²) >= 11 is 1.04. The van der Waals surface area contributed by atoms with Gasteiger partial charge in [-0.25, -0.2) is 13.2 Å². The Morgan fingerprint density at radius 1 is 0.897 bits per heavy atom. The van der Waals surface area contributed by atoms with Gasteiger partial charge in [0.1, 0.15) is 22.5 Å². The van der Waals surface area contributed by atoms with Crippen molar-refractivity contribution in [2.75, 3.05) is 16.4 Å². The smallest absolute Gasteiger partial charge is 0.256 e. The first kappa shape index (κ1) is 20.3. The second-order valence-corrected chi connectivity index (χ2v) is 6.68. The van der Waals surface area contributed by atoms with Crippen LogP contribution < -0.4 is 10.6 Å². The van der Waals surface area contributed by atoms with Gasteiger partial charge in [-0.3, -0.25) is 9.59 Å². The number of amides is 2. The van der Waals surface area contributed by atoms with Crippen LogP contribution in [0.15, 0.2) is 59.6 Å². The molecule has 0 fully saturated rings. The number of benzene rings is 2. The Morgan fingerprint density at radius 3 is 2.38 bits per heavy atom. The Balaban J connectivity index is 1.52. The van der Waals surface area contributed by atoms with Crippen LogP contribution in [0.1, 0.15) is 10.4 Å². The third-order valence-corrected chi connectivity index (χ3v) is 4.44. The van der Waals surface area contributed by atoms with Gasteiger partial charge in [-0.2, -0.15) is 0 Å². The lowest BCUT2D eigenvalue weighted by Gasteiger charge is -2.07. The number of hydrogen-bond donors (Lipinski definition) is 2. The van der Waals surface area contributed by atoms with E-state index in [4.69, 9.17) is 0 Å². The maximum absolute atomic E-state index is 13.5. The van der Waals surface area contributed by atoms with E-state index in [2.05, 4.69) is 20.8 Å². The van der Waals surface area contributed by atoms with E-state index in [1.54, 1.807) is 0 Å². The first-order valence-electron chi connectivity index (χ1n) is 8.19. The van der Waals surface area contributed by atoms with E-state index in [9.17, 15) is 22.8 Å². The second-order valence-electron chi connectivity index (χ2n) is 5.68. The lowest BCUT2D eigenvalue weighted by molar-refractivity contribution is -0.113. The molecule has 0 radical (unpaired) electrons. The molecule has 6 nitrogen and oxygen atoms in total. The number of hydrogen-bond acceptors (Lipinski definition) is 5. The molecule has 0 spiro atoms. The fraction of sp³-hybridized carbons (Fsp3) is 0.0526. The number of aromatic nitrogens is 2. The molecule has 0 bridgehead atoms. The summed E-state index contributed by atoms with van der Waals surface area (Å²) in [5.74, 6) is -3.13. The number of nitrogens with one attached hydrogen (secondary N) is 2. The van der Waals surface area contributed by atoms with Crippen molar-refractivity contribution in [3.8, 4) is 0 Å². The monoisotopic (exact) mass is 418 g/mol. The summed E-state index contributed by atoms with van der Waals surface area (Å²) in [6.45, 7) is 0. The van der Waals surface area contributed by atoms with Gasteiger partial charge < -0.3 is 10.6 Å². The van der Waals surface area contributed by atoms with Gasteiger partial charge in [0.2, 0.25) is 5.91 Å². The van der Waals surface area contributed by atoms with Crippen molar-refractivity contribution in [1.82, 2.24) is 10.2 Å². The van der Waals surface area contributed by atoms with Gasteiger partial charge in [0.15, 0.2) is 5.82 Å². The highest BCUT2D eigenvalue weighted by atomic mass is 32.2. The second kappa shape index (κ2) is 9.20. The van der Waals surface area contributed by atoms with Gasteiger partial charge in [0, 0.05) is 11.6 Å². The highest BCUT2D eigenvalue weighted by molar-refractivity contribution is 7.99. The summed E-state index contributed by atoms with van der Waals surface area (Å²) < 4.78 is 39.6. The van der Waals surface area contributed by atoms with Crippen LogP contribution in [0.2, 0.25) is 0 Å². The van der Waals surface area contributed by atoms with Crippen LogP contribution >= 0.6 is 11.8 Å². The van der Waals surface area contributed by atoms with Gasteiger partial charge in [-0.1, -0.05) is 17.8 Å². The van der Waals surface area contributed by atoms with Crippen LogP contribution in [-0.2, 0) is 4.79 Å². The highest BCUT2D eigenvalue weighted by Crippen LogP contribution is 2.18. The van der Waals surface area contributed by atoms with Crippen LogP contribution in [0.3, 0.4) is 0 Å². The summed E-state index contributed by atoms with van der Waals surface area (Å²) in [6, 6.07) is 11.0. The van der Waals surface area contributed by atoms with Crippen molar-refractivity contribution >= 4 is 35.1 Å². The first-order chi connectivity index (χ1) is 13.9. The number of thioether (sulfide) groups is 1. The zero-order valence-electron chi connectivity index (χ0n) is 14.7. The van der Waals surface area contributed by atoms with Crippen LogP contribution in [-0.4, -0.2) is 27.8 Å². The van der Waals surface area contributed by atoms with Gasteiger partial charge >= 0.3 is 0 Å². The fourth-order valence-corrected chi connectivity index (χ4v) is 2.81. The van der Waals surface area contributed by atoms with Crippen molar-refractivity contribution < 1.29 is 22.8 Å². The SMILES string of the molecule is O=C(CSc1ccc(NC(=O)c2cccc(F)c2)nn1)Nc1ccc(F)cc1F. The van der Waals surface area contributed by atoms with E-state index in [1.165, 1.54) is 30.3 Å². The molecule has 29 heavy (non-hydrogen) atoms. The molecule has 0 aliphatic rings. The number of anilines is 2. The molecule has 2 aromatic carbocycles. The zero-order chi connectivity index (χ0) is 20.8. The molecule has 0 aliphatic heterocycles. The predicted octanol–water partition coefficient (Wildman–Crippen LogP) is 3.88. The van der Waals surface area contributed by atoms with Crippen LogP contribution in [0.5, 0.6) is 0 Å². The highest BCUT2D eigenvalue weighted by Gasteiger charge is 2.11. The lowest BCUT2D eigenvalue weighted by Crippen LogP contribution is -2.15. The number of nitrogens with zero attached hydrogens (tertiary/aromatic N) is 2. The summed E-state index contributed by atoms with van der Waals surface area (Å²) in [5.41, 5.74) is 0.00782. The molecular formula is C19H13F3N4O2S. The van der Waals surface area contributed by atoms with E-state index in [1.807, 2.05) is 0 Å². The van der Waals surface area contributed by atoms with Gasteiger partial charge in [-0.05, 0) is 42.5 Å². The Morgan fingerprint density at radius 2 is 1.69 bits per heavy atom. The number of rotatable bonds is 6. The molecule has 3 aromatic rings. The molecule has 0 aliphatic carbocycles. The summed E-state index contributed by atoms with van der Waals surface area (Å²) in [6.07, 6.45) is 0. The third-order valence-electron chi connectivity index (χ3n) is 3.52. The van der Waals surface area contributed by atoms with Crippen molar-refractivity contribution in [1.29, 1.82) is 0 Å². The van der Waals surface area contributed by atoms with E-state index in [0.29, 0.717) is 11.1 Å². The molecule has 10 heteroatoms. The van der Waals surface area contributed by atoms with Crippen LogP contribution in [0, 0.1) is 17.5 Å². The van der Waals surface area contributed by atoms with E-state index in [0.717, 1.165) is 30.0 Å². The standard InChI is InChI=1S/C19H13F3N4O2S/c20-12-3-1-2-11(8-12)19(28)24-16-6-7-18(26-25-16)29-10-17(27)23-15-5-4-13(21)9-14(15)22/h1-9H,10H2,(H,23,27)(H,24,25,28). The van der Waals surface area contributed by atoms with E-state index < -0.39 is 29.3 Å². The zero-order valence-corrected chi connectivity index (χ0v) is 15.5. The van der Waals surface area contributed by atoms with E-state index in [-0.39, 0.29) is 22.8 Å². The molecule has 148 valence electrons. The van der Waals surface area contributed by atoms with Gasteiger partial charge in [-0.15, -0.1) is 10.2 Å². The molecule has 1 heterocycles.